The van der Waals surface area contributed by atoms with Gasteiger partial charge >= 0.3 is 0 Å². The van der Waals surface area contributed by atoms with Crippen LogP contribution < -0.4 is 5.32 Å². The summed E-state index contributed by atoms with van der Waals surface area (Å²) in [6.07, 6.45) is 5.39. The Hall–Kier alpha value is -1.69. The zero-order valence-electron chi connectivity index (χ0n) is 11.0. The van der Waals surface area contributed by atoms with Crippen molar-refractivity contribution in [3.63, 3.8) is 0 Å². The van der Waals surface area contributed by atoms with E-state index in [0.717, 1.165) is 11.3 Å². The van der Waals surface area contributed by atoms with E-state index < -0.39 is 5.60 Å². The fourth-order valence-electron chi connectivity index (χ4n) is 1.73. The number of benzene rings is 1. The maximum atomic E-state index is 9.65. The summed E-state index contributed by atoms with van der Waals surface area (Å²) in [5.41, 5.74) is 1.11. The fourth-order valence-corrected chi connectivity index (χ4v) is 1.73. The van der Waals surface area contributed by atoms with E-state index >= 15 is 0 Å². The Labute approximate surface area is 112 Å². The number of aliphatic hydroxyl groups excluding tert-OH is 1. The van der Waals surface area contributed by atoms with Gasteiger partial charge in [-0.05, 0) is 24.6 Å². The average molecular weight is 261 g/mol. The maximum Gasteiger partial charge on any atom is 0.0991 e. The van der Waals surface area contributed by atoms with Crippen molar-refractivity contribution in [1.29, 1.82) is 0 Å². The smallest absolute Gasteiger partial charge is 0.0991 e. The number of rotatable bonds is 6. The summed E-state index contributed by atoms with van der Waals surface area (Å²) in [6, 6.07) is 8.08. The molecule has 0 radical (unpaired) electrons. The van der Waals surface area contributed by atoms with E-state index in [-0.39, 0.29) is 6.61 Å². The summed E-state index contributed by atoms with van der Waals surface area (Å²) in [4.78, 5) is 4.01. The molecule has 1 aromatic heterocycles. The molecule has 3 N–H and O–H groups in total. The van der Waals surface area contributed by atoms with Crippen molar-refractivity contribution in [3.8, 4) is 5.69 Å². The van der Waals surface area contributed by atoms with Crippen LogP contribution in [-0.4, -0.2) is 38.5 Å². The first-order chi connectivity index (χ1) is 9.11. The molecule has 2 aromatic rings. The van der Waals surface area contributed by atoms with E-state index in [0.29, 0.717) is 13.1 Å². The molecule has 0 saturated carbocycles. The summed E-state index contributed by atoms with van der Waals surface area (Å²) in [5.74, 6) is 0. The Morgan fingerprint density at radius 2 is 2.05 bits per heavy atom. The molecule has 1 heterocycles. The minimum absolute atomic E-state index is 0.250. The van der Waals surface area contributed by atoms with E-state index in [9.17, 15) is 5.11 Å². The van der Waals surface area contributed by atoms with Crippen LogP contribution in [-0.2, 0) is 6.54 Å². The first kappa shape index (κ1) is 13.7. The van der Waals surface area contributed by atoms with Crippen molar-refractivity contribution in [2.24, 2.45) is 0 Å². The highest BCUT2D eigenvalue weighted by Crippen LogP contribution is 2.09. The molecule has 102 valence electrons. The molecule has 19 heavy (non-hydrogen) atoms. The molecule has 1 aromatic carbocycles. The van der Waals surface area contributed by atoms with Gasteiger partial charge in [0.25, 0.3) is 0 Å². The number of aromatic nitrogens is 2. The van der Waals surface area contributed by atoms with Crippen LogP contribution in [0, 0.1) is 0 Å². The lowest BCUT2D eigenvalue weighted by atomic mass is 10.1. The number of nitrogens with zero attached hydrogens (tertiary/aromatic N) is 2. The SMILES string of the molecule is CC(O)(CO)CNCc1ccc(-n2ccnc2)cc1. The third kappa shape index (κ3) is 3.89. The first-order valence-corrected chi connectivity index (χ1v) is 6.22. The molecule has 0 bridgehead atoms. The molecule has 0 saturated heterocycles. The van der Waals surface area contributed by atoms with Gasteiger partial charge in [0.2, 0.25) is 0 Å². The number of hydrogen-bond acceptors (Lipinski definition) is 4. The Kier molecular flexibility index (Phi) is 4.31. The predicted octanol–water partition coefficient (Wildman–Crippen LogP) is 0.705. The molecule has 0 aliphatic heterocycles. The molecule has 0 aliphatic rings. The third-order valence-electron chi connectivity index (χ3n) is 2.91. The van der Waals surface area contributed by atoms with Gasteiger partial charge in [-0.3, -0.25) is 0 Å². The predicted molar refractivity (Wildman–Crippen MR) is 73.0 cm³/mol. The lowest BCUT2D eigenvalue weighted by molar-refractivity contribution is 0.00254. The summed E-state index contributed by atoms with van der Waals surface area (Å²) >= 11 is 0. The second kappa shape index (κ2) is 5.97. The average Bonchev–Trinajstić information content (AvgIpc) is 2.93. The van der Waals surface area contributed by atoms with Crippen molar-refractivity contribution in [2.45, 2.75) is 19.1 Å². The van der Waals surface area contributed by atoms with Crippen molar-refractivity contribution in [1.82, 2.24) is 14.9 Å². The fraction of sp³-hybridized carbons (Fsp3) is 0.357. The minimum atomic E-state index is -1.07. The number of nitrogens with one attached hydrogen (secondary N) is 1. The van der Waals surface area contributed by atoms with Crippen molar-refractivity contribution < 1.29 is 10.2 Å². The molecule has 0 amide bonds. The van der Waals surface area contributed by atoms with Crippen LogP contribution in [0.5, 0.6) is 0 Å². The van der Waals surface area contributed by atoms with Crippen LogP contribution >= 0.6 is 0 Å². The van der Waals surface area contributed by atoms with Gasteiger partial charge in [0.15, 0.2) is 0 Å². The summed E-state index contributed by atoms with van der Waals surface area (Å²) in [6.45, 7) is 2.36. The monoisotopic (exact) mass is 261 g/mol. The van der Waals surface area contributed by atoms with Crippen LogP contribution in [0.2, 0.25) is 0 Å². The second-order valence-electron chi connectivity index (χ2n) is 4.90. The molecule has 5 nitrogen and oxygen atoms in total. The molecule has 0 aliphatic carbocycles. The molecular weight excluding hydrogens is 242 g/mol. The molecule has 5 heteroatoms. The van der Waals surface area contributed by atoms with Crippen LogP contribution in [0.4, 0.5) is 0 Å². The highest BCUT2D eigenvalue weighted by Gasteiger charge is 2.17. The van der Waals surface area contributed by atoms with Gasteiger partial charge in [-0.1, -0.05) is 12.1 Å². The van der Waals surface area contributed by atoms with Crippen LogP contribution in [0.15, 0.2) is 43.0 Å². The zero-order valence-corrected chi connectivity index (χ0v) is 11.0. The molecule has 1 unspecified atom stereocenters. The van der Waals surface area contributed by atoms with Gasteiger partial charge in [-0.25, -0.2) is 4.98 Å². The summed E-state index contributed by atoms with van der Waals surface area (Å²) < 4.78 is 1.94. The lowest BCUT2D eigenvalue weighted by Gasteiger charge is -2.20. The van der Waals surface area contributed by atoms with Crippen molar-refractivity contribution >= 4 is 0 Å². The van der Waals surface area contributed by atoms with Crippen molar-refractivity contribution in [2.75, 3.05) is 13.2 Å². The van der Waals surface area contributed by atoms with Gasteiger partial charge < -0.3 is 20.1 Å². The maximum absolute atomic E-state index is 9.65. The third-order valence-corrected chi connectivity index (χ3v) is 2.91. The number of aliphatic hydroxyl groups is 2. The quantitative estimate of drug-likeness (QED) is 0.716. The highest BCUT2D eigenvalue weighted by atomic mass is 16.3. The first-order valence-electron chi connectivity index (χ1n) is 6.22. The van der Waals surface area contributed by atoms with E-state index in [1.807, 2.05) is 35.0 Å². The Bertz CT molecular complexity index is 492. The highest BCUT2D eigenvalue weighted by molar-refractivity contribution is 5.34. The lowest BCUT2D eigenvalue weighted by Crippen LogP contribution is -2.40. The molecule has 0 spiro atoms. The van der Waals surface area contributed by atoms with Gasteiger partial charge in [0.1, 0.15) is 0 Å². The largest absolute Gasteiger partial charge is 0.393 e. The zero-order chi connectivity index (χ0) is 13.7. The number of imidazole rings is 1. The standard InChI is InChI=1S/C14H19N3O2/c1-14(19,10-18)9-16-8-12-2-4-13(5-3-12)17-7-6-15-11-17/h2-7,11,16,18-19H,8-10H2,1H3. The molecule has 1 atom stereocenters. The van der Waals surface area contributed by atoms with Crippen LogP contribution in [0.3, 0.4) is 0 Å². The summed E-state index contributed by atoms with van der Waals surface area (Å²) in [5, 5.41) is 21.7. The Morgan fingerprint density at radius 1 is 1.32 bits per heavy atom. The van der Waals surface area contributed by atoms with E-state index in [1.165, 1.54) is 0 Å². The molecule has 0 fully saturated rings. The van der Waals surface area contributed by atoms with Gasteiger partial charge in [-0.15, -0.1) is 0 Å². The van der Waals surface area contributed by atoms with Gasteiger partial charge in [0, 0.05) is 31.2 Å². The van der Waals surface area contributed by atoms with Gasteiger partial charge in [0.05, 0.1) is 18.5 Å². The minimum Gasteiger partial charge on any atom is -0.393 e. The summed E-state index contributed by atoms with van der Waals surface area (Å²) in [7, 11) is 0. The molecule has 2 rings (SSSR count). The normalized spacial score (nSPS) is 14.3. The molecular formula is C14H19N3O2. The number of hydrogen-bond donors (Lipinski definition) is 3. The second-order valence-corrected chi connectivity index (χ2v) is 4.90. The van der Waals surface area contributed by atoms with Gasteiger partial charge in [-0.2, -0.15) is 0 Å². The van der Waals surface area contributed by atoms with Crippen LogP contribution in [0.25, 0.3) is 5.69 Å². The Balaban J connectivity index is 1.89. The topological polar surface area (TPSA) is 70.3 Å². The van der Waals surface area contributed by atoms with E-state index in [2.05, 4.69) is 10.3 Å². The Morgan fingerprint density at radius 3 is 2.63 bits per heavy atom. The van der Waals surface area contributed by atoms with E-state index in [1.54, 1.807) is 19.4 Å². The van der Waals surface area contributed by atoms with E-state index in [4.69, 9.17) is 5.11 Å². The van der Waals surface area contributed by atoms with Crippen LogP contribution in [0.1, 0.15) is 12.5 Å². The van der Waals surface area contributed by atoms with Crippen molar-refractivity contribution in [3.05, 3.63) is 48.5 Å².